The van der Waals surface area contributed by atoms with Crippen molar-refractivity contribution in [1.29, 1.82) is 5.41 Å². The Balaban J connectivity index is 1.39. The second-order valence-electron chi connectivity index (χ2n) is 7.47. The summed E-state index contributed by atoms with van der Waals surface area (Å²) < 4.78 is 0. The van der Waals surface area contributed by atoms with Crippen LogP contribution < -0.4 is 16.2 Å². The molecule has 1 aliphatic rings. The van der Waals surface area contributed by atoms with Crippen molar-refractivity contribution >= 4 is 58.3 Å². The molecule has 1 amide bonds. The molecule has 0 saturated carbocycles. The molecule has 1 aliphatic heterocycles. The van der Waals surface area contributed by atoms with E-state index < -0.39 is 0 Å². The van der Waals surface area contributed by atoms with Crippen molar-refractivity contribution in [2.75, 3.05) is 23.7 Å². The Labute approximate surface area is 203 Å². The van der Waals surface area contributed by atoms with Crippen LogP contribution in [0.25, 0.3) is 0 Å². The van der Waals surface area contributed by atoms with Gasteiger partial charge in [-0.2, -0.15) is 0 Å². The minimum atomic E-state index is -0.374. The average Bonchev–Trinajstić information content (AvgIpc) is 3.36. The third-order valence-corrected chi connectivity index (χ3v) is 6.77. The molecule has 0 aliphatic carbocycles. The molecule has 0 unspecified atom stereocenters. The molecule has 0 spiro atoms. The highest BCUT2D eigenvalue weighted by Crippen LogP contribution is 2.23. The van der Waals surface area contributed by atoms with Gasteiger partial charge in [0, 0.05) is 43.5 Å². The van der Waals surface area contributed by atoms with Crippen LogP contribution in [0.5, 0.6) is 0 Å². The van der Waals surface area contributed by atoms with Crippen LogP contribution in [-0.2, 0) is 6.54 Å². The first-order valence-electron chi connectivity index (χ1n) is 10.2. The Bertz CT molecular complexity index is 1210. The molecule has 0 bridgehead atoms. The molecule has 3 aromatic rings. The maximum absolute atomic E-state index is 12.7. The molecule has 4 rings (SSSR count). The highest BCUT2D eigenvalue weighted by atomic mass is 35.5. The van der Waals surface area contributed by atoms with E-state index in [0.29, 0.717) is 47.5 Å². The summed E-state index contributed by atoms with van der Waals surface area (Å²) >= 11 is 13.3. The first-order chi connectivity index (χ1) is 15.9. The van der Waals surface area contributed by atoms with E-state index >= 15 is 0 Å². The Kier molecular flexibility index (Phi) is 7.26. The summed E-state index contributed by atoms with van der Waals surface area (Å²) in [5, 5.41) is 17.1. The largest absolute Gasteiger partial charge is 0.376 e. The van der Waals surface area contributed by atoms with Gasteiger partial charge in [0.15, 0.2) is 5.01 Å². The fourth-order valence-electron chi connectivity index (χ4n) is 3.55. The van der Waals surface area contributed by atoms with Crippen molar-refractivity contribution in [3.63, 3.8) is 0 Å². The van der Waals surface area contributed by atoms with Crippen LogP contribution in [-0.4, -0.2) is 51.1 Å². The van der Waals surface area contributed by atoms with E-state index in [0.717, 1.165) is 11.8 Å². The number of piperidine rings is 1. The summed E-state index contributed by atoms with van der Waals surface area (Å²) in [5.41, 5.74) is 0.970. The van der Waals surface area contributed by atoms with Crippen LogP contribution in [0.15, 0.2) is 34.6 Å². The van der Waals surface area contributed by atoms with Crippen molar-refractivity contribution in [2.24, 2.45) is 0 Å². The number of halogens is 2. The van der Waals surface area contributed by atoms with Crippen LogP contribution in [0.1, 0.15) is 33.9 Å². The van der Waals surface area contributed by atoms with Crippen LogP contribution in [0, 0.1) is 5.41 Å². The number of hydrogen-bond acceptors (Lipinski definition) is 8. The molecule has 12 heteroatoms. The zero-order chi connectivity index (χ0) is 23.4. The van der Waals surface area contributed by atoms with Crippen molar-refractivity contribution in [1.82, 2.24) is 19.9 Å². The summed E-state index contributed by atoms with van der Waals surface area (Å²) in [7, 11) is 0. The van der Waals surface area contributed by atoms with E-state index in [9.17, 15) is 9.59 Å². The van der Waals surface area contributed by atoms with Gasteiger partial charge in [-0.25, -0.2) is 9.97 Å². The number of carbonyl (C=O) groups is 1. The molecule has 0 atom stereocenters. The standard InChI is InChI=1S/C21H21Cl2N7O2S/c22-14-2-1-12(9-15(14)23)11-26-21-28-16(10-24)17(18(31)29-21)27-13-3-6-30(7-4-13)20(32)19-25-5-8-33-19/h1-2,5,8-10,13,24,27H,3-4,6-7,11H2,(H2,26,28,29,31). The van der Waals surface area contributed by atoms with Gasteiger partial charge in [0.1, 0.15) is 11.4 Å². The predicted molar refractivity (Wildman–Crippen MR) is 131 cm³/mol. The number of thiazole rings is 1. The predicted octanol–water partition coefficient (Wildman–Crippen LogP) is 3.86. The number of nitrogens with one attached hydrogen (secondary N) is 4. The van der Waals surface area contributed by atoms with Crippen molar-refractivity contribution in [3.05, 3.63) is 66.4 Å². The summed E-state index contributed by atoms with van der Waals surface area (Å²) in [6.45, 7) is 1.49. The van der Waals surface area contributed by atoms with Gasteiger partial charge in [-0.1, -0.05) is 29.3 Å². The van der Waals surface area contributed by atoms with E-state index in [1.165, 1.54) is 11.3 Å². The number of anilines is 2. The summed E-state index contributed by atoms with van der Waals surface area (Å²) in [6, 6.07) is 5.23. The number of H-pyrrole nitrogens is 1. The molecule has 1 saturated heterocycles. The fraction of sp³-hybridized carbons (Fsp3) is 0.286. The Hall–Kier alpha value is -2.95. The molecular formula is C21H21Cl2N7O2S. The number of rotatable bonds is 7. The van der Waals surface area contributed by atoms with Gasteiger partial charge in [0.2, 0.25) is 5.95 Å². The van der Waals surface area contributed by atoms with Crippen LogP contribution in [0.4, 0.5) is 11.6 Å². The molecule has 9 nitrogen and oxygen atoms in total. The zero-order valence-electron chi connectivity index (χ0n) is 17.4. The normalized spacial score (nSPS) is 14.2. The maximum atomic E-state index is 12.7. The van der Waals surface area contributed by atoms with Gasteiger partial charge < -0.3 is 20.9 Å². The van der Waals surface area contributed by atoms with Crippen LogP contribution >= 0.6 is 34.5 Å². The smallest absolute Gasteiger partial charge is 0.282 e. The second kappa shape index (κ2) is 10.3. The maximum Gasteiger partial charge on any atom is 0.282 e. The van der Waals surface area contributed by atoms with E-state index in [1.54, 1.807) is 28.6 Å². The quantitative estimate of drug-likeness (QED) is 0.361. The van der Waals surface area contributed by atoms with E-state index in [4.69, 9.17) is 28.6 Å². The Morgan fingerprint density at radius 1 is 1.30 bits per heavy atom. The van der Waals surface area contributed by atoms with E-state index in [2.05, 4.69) is 25.6 Å². The first-order valence-corrected chi connectivity index (χ1v) is 11.9. The highest BCUT2D eigenvalue weighted by Gasteiger charge is 2.26. The minimum Gasteiger partial charge on any atom is -0.376 e. The zero-order valence-corrected chi connectivity index (χ0v) is 19.7. The highest BCUT2D eigenvalue weighted by molar-refractivity contribution is 7.11. The lowest BCUT2D eigenvalue weighted by molar-refractivity contribution is 0.0718. The van der Waals surface area contributed by atoms with Crippen LogP contribution in [0.2, 0.25) is 10.0 Å². The fourth-order valence-corrected chi connectivity index (χ4v) is 4.47. The number of likely N-dealkylation sites (tertiary alicyclic amines) is 1. The molecule has 0 radical (unpaired) electrons. The van der Waals surface area contributed by atoms with Gasteiger partial charge in [0.05, 0.1) is 10.0 Å². The number of amides is 1. The molecule has 4 N–H and O–H groups in total. The lowest BCUT2D eigenvalue weighted by atomic mass is 10.0. The summed E-state index contributed by atoms with van der Waals surface area (Å²) in [5.74, 6) is 0.180. The summed E-state index contributed by atoms with van der Waals surface area (Å²) in [6.07, 6.45) is 4.01. The number of nitrogens with zero attached hydrogens (tertiary/aromatic N) is 3. The van der Waals surface area contributed by atoms with Crippen molar-refractivity contribution < 1.29 is 4.79 Å². The molecule has 1 aromatic carbocycles. The number of hydrogen-bond donors (Lipinski definition) is 4. The number of aromatic amines is 1. The lowest BCUT2D eigenvalue weighted by Crippen LogP contribution is -2.43. The molecule has 1 fully saturated rings. The van der Waals surface area contributed by atoms with Gasteiger partial charge >= 0.3 is 0 Å². The van der Waals surface area contributed by atoms with Gasteiger partial charge in [-0.3, -0.25) is 14.6 Å². The minimum absolute atomic E-state index is 0.0121. The molecule has 2 aromatic heterocycles. The average molecular weight is 506 g/mol. The number of aromatic nitrogens is 3. The van der Waals surface area contributed by atoms with E-state index in [1.807, 2.05) is 6.07 Å². The Morgan fingerprint density at radius 2 is 2.09 bits per heavy atom. The van der Waals surface area contributed by atoms with Crippen molar-refractivity contribution in [3.8, 4) is 0 Å². The number of benzene rings is 1. The number of carbonyl (C=O) groups excluding carboxylic acids is 1. The monoisotopic (exact) mass is 505 g/mol. The molecule has 33 heavy (non-hydrogen) atoms. The molecule has 172 valence electrons. The first kappa shape index (κ1) is 23.2. The lowest BCUT2D eigenvalue weighted by Gasteiger charge is -2.32. The molecule has 3 heterocycles. The summed E-state index contributed by atoms with van der Waals surface area (Å²) in [4.78, 5) is 38.1. The van der Waals surface area contributed by atoms with Gasteiger partial charge in [0.25, 0.3) is 11.5 Å². The SMILES string of the molecule is N=Cc1nc(NCc2ccc(Cl)c(Cl)c2)[nH]c(=O)c1NC1CCN(C(=O)c2nccs2)CC1. The Morgan fingerprint density at radius 3 is 2.76 bits per heavy atom. The second-order valence-corrected chi connectivity index (χ2v) is 9.18. The third kappa shape index (κ3) is 5.52. The molecular weight excluding hydrogens is 485 g/mol. The van der Waals surface area contributed by atoms with Gasteiger partial charge in [-0.05, 0) is 30.5 Å². The topological polar surface area (TPSA) is 127 Å². The van der Waals surface area contributed by atoms with E-state index in [-0.39, 0.29) is 34.8 Å². The van der Waals surface area contributed by atoms with Gasteiger partial charge in [-0.15, -0.1) is 11.3 Å². The van der Waals surface area contributed by atoms with Crippen LogP contribution in [0.3, 0.4) is 0 Å². The van der Waals surface area contributed by atoms with Crippen molar-refractivity contribution in [2.45, 2.75) is 25.4 Å². The third-order valence-electron chi connectivity index (χ3n) is 5.27.